The first-order valence-corrected chi connectivity index (χ1v) is 6.13. The molecule has 106 valence electrons. The first-order valence-electron chi connectivity index (χ1n) is 6.13. The number of hydrogen-bond donors (Lipinski definition) is 2. The fraction of sp³-hybridized carbons (Fsp3) is 0.154. The van der Waals surface area contributed by atoms with Crippen LogP contribution in [0.25, 0.3) is 0 Å². The van der Waals surface area contributed by atoms with E-state index in [1.165, 1.54) is 18.2 Å². The van der Waals surface area contributed by atoms with Crippen LogP contribution < -0.4 is 10.6 Å². The SMILES string of the molecule is N#Cc1cc([N+](=O)[O-])ccc1NCCNc1cnccn1. The van der Waals surface area contributed by atoms with Crippen molar-refractivity contribution in [1.29, 1.82) is 5.26 Å². The Labute approximate surface area is 120 Å². The molecule has 0 unspecified atom stereocenters. The van der Waals surface area contributed by atoms with E-state index in [1.807, 2.05) is 6.07 Å². The van der Waals surface area contributed by atoms with Gasteiger partial charge in [-0.05, 0) is 6.07 Å². The van der Waals surface area contributed by atoms with Crippen LogP contribution in [0, 0.1) is 21.4 Å². The van der Waals surface area contributed by atoms with Gasteiger partial charge in [-0.1, -0.05) is 0 Å². The number of rotatable bonds is 6. The smallest absolute Gasteiger partial charge is 0.270 e. The van der Waals surface area contributed by atoms with Crippen LogP contribution in [-0.4, -0.2) is 28.0 Å². The number of nitrogens with one attached hydrogen (secondary N) is 2. The van der Waals surface area contributed by atoms with Crippen molar-refractivity contribution in [2.45, 2.75) is 0 Å². The molecule has 1 aromatic carbocycles. The molecule has 2 rings (SSSR count). The third kappa shape index (κ3) is 3.87. The summed E-state index contributed by atoms with van der Waals surface area (Å²) in [6.45, 7) is 1.10. The maximum Gasteiger partial charge on any atom is 0.270 e. The highest BCUT2D eigenvalue weighted by molar-refractivity contribution is 5.61. The van der Waals surface area contributed by atoms with E-state index in [-0.39, 0.29) is 11.3 Å². The van der Waals surface area contributed by atoms with Gasteiger partial charge >= 0.3 is 0 Å². The van der Waals surface area contributed by atoms with Crippen LogP contribution in [-0.2, 0) is 0 Å². The van der Waals surface area contributed by atoms with E-state index in [2.05, 4.69) is 20.6 Å². The number of hydrogen-bond acceptors (Lipinski definition) is 7. The minimum Gasteiger partial charge on any atom is -0.382 e. The monoisotopic (exact) mass is 284 g/mol. The van der Waals surface area contributed by atoms with Gasteiger partial charge in [0.1, 0.15) is 11.9 Å². The van der Waals surface area contributed by atoms with E-state index < -0.39 is 4.92 Å². The van der Waals surface area contributed by atoms with E-state index in [9.17, 15) is 10.1 Å². The van der Waals surface area contributed by atoms with Crippen LogP contribution in [0.4, 0.5) is 17.2 Å². The molecule has 1 heterocycles. The van der Waals surface area contributed by atoms with Gasteiger partial charge in [0.25, 0.3) is 5.69 Å². The number of anilines is 2. The van der Waals surface area contributed by atoms with Crippen LogP contribution in [0.15, 0.2) is 36.8 Å². The van der Waals surface area contributed by atoms with Crippen molar-refractivity contribution >= 4 is 17.2 Å². The molecule has 0 saturated heterocycles. The van der Waals surface area contributed by atoms with E-state index in [4.69, 9.17) is 5.26 Å². The van der Waals surface area contributed by atoms with Gasteiger partial charge in [0, 0.05) is 37.6 Å². The maximum absolute atomic E-state index is 10.7. The summed E-state index contributed by atoms with van der Waals surface area (Å²) in [6.07, 6.45) is 4.77. The molecule has 2 aromatic rings. The summed E-state index contributed by atoms with van der Waals surface area (Å²) in [4.78, 5) is 18.1. The van der Waals surface area contributed by atoms with Gasteiger partial charge in [0.2, 0.25) is 0 Å². The lowest BCUT2D eigenvalue weighted by molar-refractivity contribution is -0.384. The van der Waals surface area contributed by atoms with E-state index in [1.54, 1.807) is 18.6 Å². The minimum absolute atomic E-state index is 0.102. The predicted molar refractivity (Wildman–Crippen MR) is 76.8 cm³/mol. The molecule has 0 amide bonds. The molecule has 0 aliphatic carbocycles. The second-order valence-electron chi connectivity index (χ2n) is 4.04. The zero-order valence-electron chi connectivity index (χ0n) is 11.0. The molecule has 0 radical (unpaired) electrons. The third-order valence-corrected chi connectivity index (χ3v) is 2.64. The van der Waals surface area contributed by atoms with Gasteiger partial charge in [0.05, 0.1) is 22.4 Å². The Hall–Kier alpha value is -3.21. The third-order valence-electron chi connectivity index (χ3n) is 2.64. The standard InChI is InChI=1S/C13H12N6O2/c14-8-10-7-11(19(20)21)1-2-12(10)16-5-6-18-13-9-15-3-4-17-13/h1-4,7,9,16H,5-6H2,(H,17,18). The molecule has 0 aliphatic rings. The molecule has 2 N–H and O–H groups in total. The fourth-order valence-corrected chi connectivity index (χ4v) is 1.67. The molecular formula is C13H12N6O2. The average Bonchev–Trinajstić information content (AvgIpc) is 2.52. The second kappa shape index (κ2) is 6.81. The number of non-ortho nitro benzene ring substituents is 1. The molecule has 0 saturated carbocycles. The summed E-state index contributed by atoms with van der Waals surface area (Å²) in [7, 11) is 0. The summed E-state index contributed by atoms with van der Waals surface area (Å²) in [5.41, 5.74) is 0.697. The molecule has 0 atom stereocenters. The topological polar surface area (TPSA) is 117 Å². The van der Waals surface area contributed by atoms with Crippen LogP contribution >= 0.6 is 0 Å². The Morgan fingerprint density at radius 2 is 2.10 bits per heavy atom. The molecule has 0 fully saturated rings. The van der Waals surface area contributed by atoms with E-state index >= 15 is 0 Å². The quantitative estimate of drug-likeness (QED) is 0.471. The van der Waals surface area contributed by atoms with Crippen molar-refractivity contribution < 1.29 is 4.92 Å². The van der Waals surface area contributed by atoms with Gasteiger partial charge in [-0.3, -0.25) is 15.1 Å². The average molecular weight is 284 g/mol. The fourth-order valence-electron chi connectivity index (χ4n) is 1.67. The minimum atomic E-state index is -0.528. The van der Waals surface area contributed by atoms with Gasteiger partial charge in [0.15, 0.2) is 0 Å². The summed E-state index contributed by atoms with van der Waals surface area (Å²) < 4.78 is 0. The number of nitrogens with zero attached hydrogens (tertiary/aromatic N) is 4. The summed E-state index contributed by atoms with van der Waals surface area (Å²) in [5.74, 6) is 0.656. The van der Waals surface area contributed by atoms with Gasteiger partial charge in [-0.15, -0.1) is 0 Å². The van der Waals surface area contributed by atoms with E-state index in [0.717, 1.165) is 0 Å². The summed E-state index contributed by atoms with van der Waals surface area (Å²) in [5, 5.41) is 25.8. The Kier molecular flexibility index (Phi) is 4.61. The predicted octanol–water partition coefficient (Wildman–Crippen LogP) is 1.78. The number of aromatic nitrogens is 2. The molecule has 21 heavy (non-hydrogen) atoms. The lowest BCUT2D eigenvalue weighted by Crippen LogP contribution is -2.15. The highest BCUT2D eigenvalue weighted by Gasteiger charge is 2.10. The van der Waals surface area contributed by atoms with Crippen molar-refractivity contribution in [3.05, 3.63) is 52.5 Å². The van der Waals surface area contributed by atoms with Crippen molar-refractivity contribution in [2.24, 2.45) is 0 Å². The van der Waals surface area contributed by atoms with Gasteiger partial charge in [-0.25, -0.2) is 4.98 Å². The number of nitro groups is 1. The zero-order valence-corrected chi connectivity index (χ0v) is 11.0. The van der Waals surface area contributed by atoms with Gasteiger partial charge < -0.3 is 10.6 Å². The highest BCUT2D eigenvalue weighted by atomic mass is 16.6. The van der Waals surface area contributed by atoms with Crippen LogP contribution in [0.5, 0.6) is 0 Å². The lowest BCUT2D eigenvalue weighted by Gasteiger charge is -2.09. The Morgan fingerprint density at radius 3 is 2.76 bits per heavy atom. The van der Waals surface area contributed by atoms with Crippen LogP contribution in [0.1, 0.15) is 5.56 Å². The molecule has 8 heteroatoms. The largest absolute Gasteiger partial charge is 0.382 e. The molecule has 0 spiro atoms. The Bertz CT molecular complexity index is 668. The first-order chi connectivity index (χ1) is 10.2. The van der Waals surface area contributed by atoms with Crippen molar-refractivity contribution in [2.75, 3.05) is 23.7 Å². The van der Waals surface area contributed by atoms with E-state index in [0.29, 0.717) is 24.6 Å². The highest BCUT2D eigenvalue weighted by Crippen LogP contribution is 2.21. The normalized spacial score (nSPS) is 9.67. The van der Waals surface area contributed by atoms with Crippen molar-refractivity contribution in [3.8, 4) is 6.07 Å². The Morgan fingerprint density at radius 1 is 1.29 bits per heavy atom. The van der Waals surface area contributed by atoms with Crippen LogP contribution in [0.3, 0.4) is 0 Å². The van der Waals surface area contributed by atoms with Gasteiger partial charge in [-0.2, -0.15) is 5.26 Å². The number of nitro benzene ring substituents is 1. The molecule has 0 bridgehead atoms. The van der Waals surface area contributed by atoms with Crippen molar-refractivity contribution in [1.82, 2.24) is 9.97 Å². The lowest BCUT2D eigenvalue weighted by atomic mass is 10.1. The molecule has 0 aliphatic heterocycles. The molecule has 8 nitrogen and oxygen atoms in total. The number of nitriles is 1. The maximum atomic E-state index is 10.7. The Balaban J connectivity index is 1.91. The first kappa shape index (κ1) is 14.2. The summed E-state index contributed by atoms with van der Waals surface area (Å²) >= 11 is 0. The zero-order chi connectivity index (χ0) is 15.1. The number of benzene rings is 1. The molecular weight excluding hydrogens is 272 g/mol. The van der Waals surface area contributed by atoms with Crippen molar-refractivity contribution in [3.63, 3.8) is 0 Å². The van der Waals surface area contributed by atoms with Crippen LogP contribution in [0.2, 0.25) is 0 Å². The summed E-state index contributed by atoms with van der Waals surface area (Å²) in [6, 6.07) is 6.08. The second-order valence-corrected chi connectivity index (χ2v) is 4.04. The molecule has 1 aromatic heterocycles.